The molecule has 112 valence electrons. The number of aryl methyl sites for hydroxylation is 2. The van der Waals surface area contributed by atoms with E-state index >= 15 is 0 Å². The molecule has 2 heterocycles. The van der Waals surface area contributed by atoms with Crippen LogP contribution in [0.2, 0.25) is 0 Å². The minimum atomic E-state index is -0.216. The molecule has 1 aromatic carbocycles. The predicted octanol–water partition coefficient (Wildman–Crippen LogP) is 1.32. The zero-order valence-electron chi connectivity index (χ0n) is 12.6. The summed E-state index contributed by atoms with van der Waals surface area (Å²) in [6.07, 6.45) is 3.01. The molecule has 3 rings (SSSR count). The fraction of sp³-hybridized carbons (Fsp3) is 0.500. The molecular formula is C16H21N3O2. The van der Waals surface area contributed by atoms with Crippen molar-refractivity contribution in [1.82, 2.24) is 14.5 Å². The Labute approximate surface area is 123 Å². The monoisotopic (exact) mass is 287 g/mol. The summed E-state index contributed by atoms with van der Waals surface area (Å²) < 4.78 is 3.04. The molecule has 0 aliphatic carbocycles. The summed E-state index contributed by atoms with van der Waals surface area (Å²) in [4.78, 5) is 25.5. The van der Waals surface area contributed by atoms with E-state index in [2.05, 4.69) is 5.32 Å². The van der Waals surface area contributed by atoms with Crippen LogP contribution in [0.15, 0.2) is 27.8 Å². The van der Waals surface area contributed by atoms with Crippen LogP contribution < -0.4 is 16.6 Å². The minimum Gasteiger partial charge on any atom is -0.315 e. The Morgan fingerprint density at radius 2 is 2.05 bits per heavy atom. The average molecular weight is 287 g/mol. The molecule has 2 aromatic rings. The first-order valence-electron chi connectivity index (χ1n) is 7.53. The highest BCUT2D eigenvalue weighted by molar-refractivity contribution is 5.81. The molecule has 5 heteroatoms. The molecule has 21 heavy (non-hydrogen) atoms. The van der Waals surface area contributed by atoms with Crippen LogP contribution in [0.1, 0.15) is 30.9 Å². The van der Waals surface area contributed by atoms with Crippen molar-refractivity contribution in [1.29, 1.82) is 0 Å². The van der Waals surface area contributed by atoms with E-state index in [1.165, 1.54) is 4.57 Å². The van der Waals surface area contributed by atoms with E-state index in [-0.39, 0.29) is 17.3 Å². The number of nitrogens with zero attached hydrogens (tertiary/aromatic N) is 2. The van der Waals surface area contributed by atoms with Crippen LogP contribution in [0, 0.1) is 6.92 Å². The van der Waals surface area contributed by atoms with Crippen LogP contribution in [0.5, 0.6) is 0 Å². The number of benzene rings is 1. The fourth-order valence-corrected chi connectivity index (χ4v) is 3.23. The second kappa shape index (κ2) is 5.48. The van der Waals surface area contributed by atoms with Crippen molar-refractivity contribution in [2.45, 2.75) is 32.2 Å². The van der Waals surface area contributed by atoms with Gasteiger partial charge in [-0.2, -0.15) is 0 Å². The quantitative estimate of drug-likeness (QED) is 0.860. The van der Waals surface area contributed by atoms with Gasteiger partial charge in [0.05, 0.1) is 16.9 Å². The topological polar surface area (TPSA) is 56.0 Å². The van der Waals surface area contributed by atoms with E-state index in [1.54, 1.807) is 11.6 Å². The Bertz CT molecular complexity index is 780. The maximum Gasteiger partial charge on any atom is 0.331 e. The summed E-state index contributed by atoms with van der Waals surface area (Å²) in [5.41, 5.74) is 1.26. The molecule has 1 aliphatic rings. The summed E-state index contributed by atoms with van der Waals surface area (Å²) in [5.74, 6) is 0. The van der Waals surface area contributed by atoms with Crippen LogP contribution >= 0.6 is 0 Å². The molecule has 1 aromatic heterocycles. The van der Waals surface area contributed by atoms with E-state index < -0.39 is 0 Å². The minimum absolute atomic E-state index is 0.0530. The first-order chi connectivity index (χ1) is 10.1. The van der Waals surface area contributed by atoms with E-state index in [4.69, 9.17) is 0 Å². The van der Waals surface area contributed by atoms with Gasteiger partial charge in [-0.15, -0.1) is 0 Å². The number of hydrogen-bond acceptors (Lipinski definition) is 3. The summed E-state index contributed by atoms with van der Waals surface area (Å²) in [6.45, 7) is 3.56. The Balaban J connectivity index is 2.30. The normalized spacial score (nSPS) is 19.6. The molecule has 1 unspecified atom stereocenters. The Kier molecular flexibility index (Phi) is 3.68. The molecule has 5 nitrogen and oxygen atoms in total. The van der Waals surface area contributed by atoms with Crippen molar-refractivity contribution in [3.05, 3.63) is 44.6 Å². The zero-order valence-corrected chi connectivity index (χ0v) is 12.6. The molecule has 0 saturated carbocycles. The highest BCUT2D eigenvalue weighted by atomic mass is 16.2. The number of rotatable bonds is 1. The summed E-state index contributed by atoms with van der Waals surface area (Å²) in [7, 11) is 1.74. The van der Waals surface area contributed by atoms with E-state index in [0.717, 1.165) is 31.4 Å². The maximum atomic E-state index is 12.9. The van der Waals surface area contributed by atoms with Crippen LogP contribution in [0.3, 0.4) is 0 Å². The van der Waals surface area contributed by atoms with Crippen molar-refractivity contribution in [3.8, 4) is 0 Å². The lowest BCUT2D eigenvalue weighted by Gasteiger charge is -2.19. The van der Waals surface area contributed by atoms with Gasteiger partial charge in [0.2, 0.25) is 0 Å². The second-order valence-corrected chi connectivity index (χ2v) is 5.84. The van der Waals surface area contributed by atoms with Gasteiger partial charge in [-0.25, -0.2) is 4.79 Å². The molecule has 0 radical (unpaired) electrons. The predicted molar refractivity (Wildman–Crippen MR) is 83.9 cm³/mol. The molecule has 1 aliphatic heterocycles. The van der Waals surface area contributed by atoms with Crippen molar-refractivity contribution in [2.24, 2.45) is 7.05 Å². The lowest BCUT2D eigenvalue weighted by Crippen LogP contribution is -2.44. The standard InChI is InChI=1S/C16H21N3O2/c1-11-6-5-8-13-14(11)15(20)19(16(21)18(13)2)12-7-3-4-9-17-10-12/h5-6,8,12,17H,3-4,7,9-10H2,1-2H3. The molecule has 1 atom stereocenters. The lowest BCUT2D eigenvalue weighted by molar-refractivity contribution is 0.426. The van der Waals surface area contributed by atoms with E-state index in [1.807, 2.05) is 25.1 Å². The van der Waals surface area contributed by atoms with Crippen molar-refractivity contribution < 1.29 is 0 Å². The molecule has 0 bridgehead atoms. The average Bonchev–Trinajstić information content (AvgIpc) is 2.74. The van der Waals surface area contributed by atoms with Crippen LogP contribution in [0.25, 0.3) is 10.9 Å². The summed E-state index contributed by atoms with van der Waals surface area (Å²) >= 11 is 0. The third-order valence-corrected chi connectivity index (χ3v) is 4.42. The number of hydrogen-bond donors (Lipinski definition) is 1. The van der Waals surface area contributed by atoms with Gasteiger partial charge < -0.3 is 5.32 Å². The number of aromatic nitrogens is 2. The van der Waals surface area contributed by atoms with Gasteiger partial charge in [0, 0.05) is 13.6 Å². The molecule has 1 saturated heterocycles. The van der Waals surface area contributed by atoms with Gasteiger partial charge in [-0.1, -0.05) is 18.6 Å². The maximum absolute atomic E-state index is 12.9. The zero-order chi connectivity index (χ0) is 15.0. The lowest BCUT2D eigenvalue weighted by atomic mass is 10.1. The number of nitrogens with one attached hydrogen (secondary N) is 1. The van der Waals surface area contributed by atoms with Crippen molar-refractivity contribution in [2.75, 3.05) is 13.1 Å². The van der Waals surface area contributed by atoms with Crippen molar-refractivity contribution >= 4 is 10.9 Å². The Morgan fingerprint density at radius 3 is 2.86 bits per heavy atom. The molecular weight excluding hydrogens is 266 g/mol. The first kappa shape index (κ1) is 14.1. The van der Waals surface area contributed by atoms with Crippen LogP contribution in [-0.2, 0) is 7.05 Å². The molecule has 1 N–H and O–H groups in total. The van der Waals surface area contributed by atoms with Crippen molar-refractivity contribution in [3.63, 3.8) is 0 Å². The highest BCUT2D eigenvalue weighted by Gasteiger charge is 2.20. The first-order valence-corrected chi connectivity index (χ1v) is 7.53. The van der Waals surface area contributed by atoms with Crippen LogP contribution in [0.4, 0.5) is 0 Å². The van der Waals surface area contributed by atoms with Gasteiger partial charge >= 0.3 is 5.69 Å². The molecule has 0 amide bonds. The fourth-order valence-electron chi connectivity index (χ4n) is 3.23. The van der Waals surface area contributed by atoms with Crippen LogP contribution in [-0.4, -0.2) is 22.2 Å². The molecule has 0 spiro atoms. The van der Waals surface area contributed by atoms with Gasteiger partial charge in [0.15, 0.2) is 0 Å². The smallest absolute Gasteiger partial charge is 0.315 e. The Hall–Kier alpha value is -1.88. The van der Waals surface area contributed by atoms with E-state index in [0.29, 0.717) is 17.4 Å². The summed E-state index contributed by atoms with van der Waals surface area (Å²) in [5, 5.41) is 3.98. The largest absolute Gasteiger partial charge is 0.331 e. The van der Waals surface area contributed by atoms with Gasteiger partial charge in [-0.3, -0.25) is 13.9 Å². The third-order valence-electron chi connectivity index (χ3n) is 4.42. The second-order valence-electron chi connectivity index (χ2n) is 5.84. The van der Waals surface area contributed by atoms with Gasteiger partial charge in [0.1, 0.15) is 0 Å². The highest BCUT2D eigenvalue weighted by Crippen LogP contribution is 2.17. The van der Waals surface area contributed by atoms with Gasteiger partial charge in [0.25, 0.3) is 5.56 Å². The number of fused-ring (bicyclic) bond motifs is 1. The van der Waals surface area contributed by atoms with Gasteiger partial charge in [-0.05, 0) is 37.9 Å². The van der Waals surface area contributed by atoms with E-state index in [9.17, 15) is 9.59 Å². The SMILES string of the molecule is Cc1cccc2c1c(=O)n(C1CCCCNC1)c(=O)n2C. The summed E-state index contributed by atoms with van der Waals surface area (Å²) in [6, 6.07) is 5.58. The molecule has 1 fully saturated rings. The Morgan fingerprint density at radius 1 is 1.24 bits per heavy atom. The third kappa shape index (κ3) is 2.31.